The third-order valence-corrected chi connectivity index (χ3v) is 4.08. The van der Waals surface area contributed by atoms with Crippen LogP contribution in [-0.2, 0) is 12.8 Å². The normalized spacial score (nSPS) is 10.9. The minimum atomic E-state index is 0.554. The van der Waals surface area contributed by atoms with Crippen molar-refractivity contribution in [3.8, 4) is 17.1 Å². The molecule has 3 aromatic rings. The Balaban J connectivity index is 1.82. The highest BCUT2D eigenvalue weighted by molar-refractivity contribution is 7.98. The summed E-state index contributed by atoms with van der Waals surface area (Å²) in [4.78, 5) is 4.17. The summed E-state index contributed by atoms with van der Waals surface area (Å²) in [6.45, 7) is 1.79. The maximum Gasteiger partial charge on any atom is 0.237 e. The summed E-state index contributed by atoms with van der Waals surface area (Å²) in [5.74, 6) is 3.27. The van der Waals surface area contributed by atoms with E-state index in [1.165, 1.54) is 11.8 Å². The van der Waals surface area contributed by atoms with Gasteiger partial charge in [0.2, 0.25) is 5.89 Å². The van der Waals surface area contributed by atoms with Gasteiger partial charge in [0, 0.05) is 7.05 Å². The second-order valence-corrected chi connectivity index (χ2v) is 5.53. The first-order valence-corrected chi connectivity index (χ1v) is 7.62. The van der Waals surface area contributed by atoms with E-state index in [-0.39, 0.29) is 0 Å². The van der Waals surface area contributed by atoms with Gasteiger partial charge in [-0.05, 0) is 19.1 Å². The Kier molecular flexibility index (Phi) is 4.10. The van der Waals surface area contributed by atoms with Gasteiger partial charge in [-0.3, -0.25) is 0 Å². The molecule has 22 heavy (non-hydrogen) atoms. The molecule has 1 aromatic carbocycles. The molecule has 0 saturated heterocycles. The van der Waals surface area contributed by atoms with Crippen molar-refractivity contribution in [2.45, 2.75) is 17.8 Å². The molecule has 0 N–H and O–H groups in total. The fourth-order valence-corrected chi connectivity index (χ4v) is 2.78. The number of aromatic nitrogens is 5. The van der Waals surface area contributed by atoms with Crippen LogP contribution in [0.25, 0.3) is 11.4 Å². The van der Waals surface area contributed by atoms with Crippen molar-refractivity contribution in [3.63, 3.8) is 0 Å². The lowest BCUT2D eigenvalue weighted by Gasteiger charge is -2.07. The predicted octanol–water partition coefficient (Wildman–Crippen LogP) is 2.47. The number of hydrogen-bond acceptors (Lipinski definition) is 7. The van der Waals surface area contributed by atoms with Gasteiger partial charge in [0.15, 0.2) is 16.8 Å². The summed E-state index contributed by atoms with van der Waals surface area (Å²) >= 11 is 1.49. The van der Waals surface area contributed by atoms with Crippen LogP contribution < -0.4 is 4.74 Å². The van der Waals surface area contributed by atoms with Gasteiger partial charge < -0.3 is 13.8 Å². The van der Waals surface area contributed by atoms with E-state index in [0.29, 0.717) is 17.5 Å². The molecule has 0 spiro atoms. The first kappa shape index (κ1) is 14.6. The molecule has 114 valence electrons. The Bertz CT molecular complexity index is 783. The van der Waals surface area contributed by atoms with E-state index < -0.39 is 0 Å². The highest BCUT2D eigenvalue weighted by Gasteiger charge is 2.15. The first-order valence-electron chi connectivity index (χ1n) is 6.64. The van der Waals surface area contributed by atoms with Crippen LogP contribution in [0.15, 0.2) is 33.9 Å². The van der Waals surface area contributed by atoms with Crippen molar-refractivity contribution >= 4 is 11.8 Å². The van der Waals surface area contributed by atoms with E-state index in [4.69, 9.17) is 9.26 Å². The molecule has 2 heterocycles. The molecule has 0 radical (unpaired) electrons. The van der Waals surface area contributed by atoms with Gasteiger partial charge in [0.05, 0.1) is 18.4 Å². The van der Waals surface area contributed by atoms with Gasteiger partial charge in [0.25, 0.3) is 0 Å². The Morgan fingerprint density at radius 3 is 2.82 bits per heavy atom. The number of benzene rings is 1. The van der Waals surface area contributed by atoms with Crippen molar-refractivity contribution in [1.29, 1.82) is 0 Å². The van der Waals surface area contributed by atoms with Crippen molar-refractivity contribution in [3.05, 3.63) is 36.0 Å². The van der Waals surface area contributed by atoms with Crippen LogP contribution in [0.3, 0.4) is 0 Å². The summed E-state index contributed by atoms with van der Waals surface area (Å²) in [6.07, 6.45) is 0. The van der Waals surface area contributed by atoms with E-state index in [2.05, 4.69) is 20.3 Å². The van der Waals surface area contributed by atoms with E-state index in [9.17, 15) is 0 Å². The van der Waals surface area contributed by atoms with E-state index in [0.717, 1.165) is 22.3 Å². The van der Waals surface area contributed by atoms with Gasteiger partial charge in [0.1, 0.15) is 5.75 Å². The molecule has 8 heteroatoms. The zero-order valence-electron chi connectivity index (χ0n) is 12.5. The molecule has 0 atom stereocenters. The standard InChI is InChI=1S/C14H15N5O2S/c1-9-15-12(21-18-9)8-22-14-17-16-13(19(14)2)10-6-4-5-7-11(10)20-3/h4-7H,8H2,1-3H3. The number of ether oxygens (including phenoxy) is 1. The molecular formula is C14H15N5O2S. The Hall–Kier alpha value is -2.35. The van der Waals surface area contributed by atoms with E-state index in [1.54, 1.807) is 14.0 Å². The van der Waals surface area contributed by atoms with Crippen LogP contribution in [0.4, 0.5) is 0 Å². The second-order valence-electron chi connectivity index (χ2n) is 4.59. The zero-order chi connectivity index (χ0) is 15.5. The quantitative estimate of drug-likeness (QED) is 0.669. The Labute approximate surface area is 131 Å². The van der Waals surface area contributed by atoms with Gasteiger partial charge in [-0.1, -0.05) is 29.1 Å². The van der Waals surface area contributed by atoms with E-state index >= 15 is 0 Å². The van der Waals surface area contributed by atoms with Crippen LogP contribution >= 0.6 is 11.8 Å². The van der Waals surface area contributed by atoms with Crippen molar-refractivity contribution < 1.29 is 9.26 Å². The molecule has 0 amide bonds. The molecule has 0 bridgehead atoms. The number of aryl methyl sites for hydroxylation is 1. The van der Waals surface area contributed by atoms with Crippen molar-refractivity contribution in [2.75, 3.05) is 7.11 Å². The molecule has 0 saturated carbocycles. The minimum Gasteiger partial charge on any atom is -0.496 e. The average Bonchev–Trinajstić information content (AvgIpc) is 3.11. The monoisotopic (exact) mass is 317 g/mol. The number of thioether (sulfide) groups is 1. The van der Waals surface area contributed by atoms with Crippen molar-refractivity contribution in [1.82, 2.24) is 24.9 Å². The van der Waals surface area contributed by atoms with Gasteiger partial charge in [-0.15, -0.1) is 10.2 Å². The SMILES string of the molecule is COc1ccccc1-c1nnc(SCc2nc(C)no2)n1C. The minimum absolute atomic E-state index is 0.554. The van der Waals surface area contributed by atoms with E-state index in [1.807, 2.05) is 35.9 Å². The zero-order valence-corrected chi connectivity index (χ0v) is 13.3. The van der Waals surface area contributed by atoms with Gasteiger partial charge >= 0.3 is 0 Å². The van der Waals surface area contributed by atoms with Crippen LogP contribution in [-0.4, -0.2) is 32.0 Å². The molecular weight excluding hydrogens is 302 g/mol. The fraction of sp³-hybridized carbons (Fsp3) is 0.286. The maximum atomic E-state index is 5.37. The van der Waals surface area contributed by atoms with Gasteiger partial charge in [-0.2, -0.15) is 4.98 Å². The molecule has 7 nitrogen and oxygen atoms in total. The summed E-state index contributed by atoms with van der Waals surface area (Å²) in [6, 6.07) is 7.73. The first-order chi connectivity index (χ1) is 10.7. The molecule has 2 aromatic heterocycles. The highest BCUT2D eigenvalue weighted by atomic mass is 32.2. The number of nitrogens with zero attached hydrogens (tertiary/aromatic N) is 5. The smallest absolute Gasteiger partial charge is 0.237 e. The lowest BCUT2D eigenvalue weighted by atomic mass is 10.2. The number of methoxy groups -OCH3 is 1. The topological polar surface area (TPSA) is 78.9 Å². The fourth-order valence-electron chi connectivity index (χ4n) is 2.03. The van der Waals surface area contributed by atoms with Crippen LogP contribution in [0.5, 0.6) is 5.75 Å². The molecule has 0 aliphatic heterocycles. The van der Waals surface area contributed by atoms with Crippen LogP contribution in [0, 0.1) is 6.92 Å². The van der Waals surface area contributed by atoms with Crippen LogP contribution in [0.1, 0.15) is 11.7 Å². The summed E-state index contributed by atoms with van der Waals surface area (Å²) < 4.78 is 12.4. The third kappa shape index (κ3) is 2.82. The van der Waals surface area contributed by atoms with Gasteiger partial charge in [-0.25, -0.2) is 0 Å². The largest absolute Gasteiger partial charge is 0.496 e. The molecule has 0 aliphatic carbocycles. The lowest BCUT2D eigenvalue weighted by molar-refractivity contribution is 0.387. The van der Waals surface area contributed by atoms with Crippen molar-refractivity contribution in [2.24, 2.45) is 7.05 Å². The molecule has 3 rings (SSSR count). The molecule has 0 unspecified atom stereocenters. The lowest BCUT2D eigenvalue weighted by Crippen LogP contribution is -1.97. The molecule has 0 aliphatic rings. The van der Waals surface area contributed by atoms with Crippen LogP contribution in [0.2, 0.25) is 0 Å². The molecule has 0 fully saturated rings. The number of rotatable bonds is 5. The second kappa shape index (κ2) is 6.18. The summed E-state index contributed by atoms with van der Waals surface area (Å²) in [7, 11) is 3.56. The summed E-state index contributed by atoms with van der Waals surface area (Å²) in [5, 5.41) is 13.0. The number of hydrogen-bond donors (Lipinski definition) is 0. The Morgan fingerprint density at radius 2 is 2.09 bits per heavy atom. The predicted molar refractivity (Wildman–Crippen MR) is 81.6 cm³/mol. The third-order valence-electron chi connectivity index (χ3n) is 3.08. The summed E-state index contributed by atoms with van der Waals surface area (Å²) in [5.41, 5.74) is 0.903. The Morgan fingerprint density at radius 1 is 1.27 bits per heavy atom. The number of para-hydroxylation sites is 1. The average molecular weight is 317 g/mol. The highest BCUT2D eigenvalue weighted by Crippen LogP contribution is 2.30. The maximum absolute atomic E-state index is 5.37.